The van der Waals surface area contributed by atoms with Crippen LogP contribution >= 0.6 is 0 Å². The molecule has 0 aliphatic rings. The number of ether oxygens (including phenoxy) is 1. The second kappa shape index (κ2) is 7.43. The van der Waals surface area contributed by atoms with Gasteiger partial charge in [-0.05, 0) is 35.7 Å². The molecule has 0 aliphatic heterocycles. The smallest absolute Gasteiger partial charge is 0.257 e. The minimum atomic E-state index is -0.330. The molecule has 0 aliphatic carbocycles. The number of rotatable bonds is 6. The van der Waals surface area contributed by atoms with E-state index in [-0.39, 0.29) is 24.2 Å². The van der Waals surface area contributed by atoms with Crippen LogP contribution in [0.25, 0.3) is 0 Å². The Bertz CT molecular complexity index is 569. The van der Waals surface area contributed by atoms with Gasteiger partial charge in [0, 0.05) is 6.54 Å². The van der Waals surface area contributed by atoms with Gasteiger partial charge in [-0.1, -0.05) is 37.3 Å². The molecule has 2 rings (SSSR count). The van der Waals surface area contributed by atoms with E-state index in [2.05, 4.69) is 12.2 Å². The van der Waals surface area contributed by atoms with E-state index in [1.54, 1.807) is 0 Å². The highest BCUT2D eigenvalue weighted by atomic mass is 19.1. The summed E-state index contributed by atoms with van der Waals surface area (Å²) in [7, 11) is 0. The SMILES string of the molecule is C[C@@H](CNC(=O)COc1ccc(F)cc1)c1ccccc1. The van der Waals surface area contributed by atoms with E-state index in [4.69, 9.17) is 4.74 Å². The summed E-state index contributed by atoms with van der Waals surface area (Å²) >= 11 is 0. The average molecular weight is 287 g/mol. The highest BCUT2D eigenvalue weighted by molar-refractivity contribution is 5.77. The van der Waals surface area contributed by atoms with Gasteiger partial charge in [0.05, 0.1) is 0 Å². The summed E-state index contributed by atoms with van der Waals surface area (Å²) in [5.41, 5.74) is 1.18. The minimum absolute atomic E-state index is 0.0762. The van der Waals surface area contributed by atoms with Crippen molar-refractivity contribution in [2.45, 2.75) is 12.8 Å². The molecular formula is C17H18FNO2. The van der Waals surface area contributed by atoms with Gasteiger partial charge in [0.2, 0.25) is 0 Å². The third kappa shape index (κ3) is 4.91. The third-order valence-corrected chi connectivity index (χ3v) is 3.16. The second-order valence-corrected chi connectivity index (χ2v) is 4.86. The van der Waals surface area contributed by atoms with Crippen LogP contribution < -0.4 is 10.1 Å². The molecule has 0 saturated carbocycles. The van der Waals surface area contributed by atoms with Crippen LogP contribution in [0, 0.1) is 5.82 Å². The first kappa shape index (κ1) is 15.0. The molecule has 2 aromatic carbocycles. The molecule has 110 valence electrons. The van der Waals surface area contributed by atoms with Gasteiger partial charge < -0.3 is 10.1 Å². The first-order valence-electron chi connectivity index (χ1n) is 6.85. The summed E-state index contributed by atoms with van der Waals surface area (Å²) in [5, 5.41) is 2.82. The number of halogens is 1. The Morgan fingerprint density at radius 2 is 1.81 bits per heavy atom. The van der Waals surface area contributed by atoms with Crippen molar-refractivity contribution in [3.63, 3.8) is 0 Å². The summed E-state index contributed by atoms with van der Waals surface area (Å²) in [6.07, 6.45) is 0. The topological polar surface area (TPSA) is 38.3 Å². The zero-order chi connectivity index (χ0) is 15.1. The average Bonchev–Trinajstić information content (AvgIpc) is 2.53. The van der Waals surface area contributed by atoms with Crippen LogP contribution in [0.3, 0.4) is 0 Å². The molecular weight excluding hydrogens is 269 g/mol. The molecule has 4 heteroatoms. The van der Waals surface area contributed by atoms with E-state index in [1.807, 2.05) is 30.3 Å². The van der Waals surface area contributed by atoms with Gasteiger partial charge in [-0.15, -0.1) is 0 Å². The highest BCUT2D eigenvalue weighted by Crippen LogP contribution is 2.13. The lowest BCUT2D eigenvalue weighted by molar-refractivity contribution is -0.123. The Balaban J connectivity index is 1.73. The summed E-state index contributed by atoms with van der Waals surface area (Å²) in [6, 6.07) is 15.6. The molecule has 0 aromatic heterocycles. The zero-order valence-electron chi connectivity index (χ0n) is 11.9. The van der Waals surface area contributed by atoms with Gasteiger partial charge in [0.25, 0.3) is 5.91 Å². The number of carbonyl (C=O) groups is 1. The van der Waals surface area contributed by atoms with Crippen LogP contribution in [0.1, 0.15) is 18.4 Å². The fourth-order valence-corrected chi connectivity index (χ4v) is 1.90. The molecule has 0 bridgehead atoms. The van der Waals surface area contributed by atoms with E-state index in [0.717, 1.165) is 0 Å². The normalized spacial score (nSPS) is 11.7. The molecule has 0 radical (unpaired) electrons. The summed E-state index contributed by atoms with van der Waals surface area (Å²) in [6.45, 7) is 2.53. The molecule has 0 heterocycles. The number of carbonyl (C=O) groups excluding carboxylic acids is 1. The van der Waals surface area contributed by atoms with Crippen molar-refractivity contribution in [2.24, 2.45) is 0 Å². The van der Waals surface area contributed by atoms with Crippen LogP contribution in [0.2, 0.25) is 0 Å². The van der Waals surface area contributed by atoms with Crippen LogP contribution in [0.15, 0.2) is 54.6 Å². The lowest BCUT2D eigenvalue weighted by Gasteiger charge is -2.13. The van der Waals surface area contributed by atoms with Crippen molar-refractivity contribution in [3.8, 4) is 5.75 Å². The Morgan fingerprint density at radius 1 is 1.14 bits per heavy atom. The van der Waals surface area contributed by atoms with Crippen LogP contribution in [-0.4, -0.2) is 19.1 Å². The second-order valence-electron chi connectivity index (χ2n) is 4.86. The van der Waals surface area contributed by atoms with Gasteiger partial charge in [-0.3, -0.25) is 4.79 Å². The fraction of sp³-hybridized carbons (Fsp3) is 0.235. The predicted molar refractivity (Wildman–Crippen MR) is 79.8 cm³/mol. The molecule has 0 fully saturated rings. The maximum Gasteiger partial charge on any atom is 0.257 e. The first-order valence-corrected chi connectivity index (χ1v) is 6.85. The van der Waals surface area contributed by atoms with E-state index in [0.29, 0.717) is 12.3 Å². The van der Waals surface area contributed by atoms with Crippen molar-refractivity contribution < 1.29 is 13.9 Å². The van der Waals surface area contributed by atoms with E-state index in [1.165, 1.54) is 29.8 Å². The van der Waals surface area contributed by atoms with Crippen molar-refractivity contribution in [1.29, 1.82) is 0 Å². The van der Waals surface area contributed by atoms with E-state index in [9.17, 15) is 9.18 Å². The van der Waals surface area contributed by atoms with Crippen molar-refractivity contribution in [1.82, 2.24) is 5.32 Å². The van der Waals surface area contributed by atoms with E-state index < -0.39 is 0 Å². The molecule has 1 amide bonds. The standard InChI is InChI=1S/C17H18FNO2/c1-13(14-5-3-2-4-6-14)11-19-17(20)12-21-16-9-7-15(18)8-10-16/h2-10,13H,11-12H2,1H3,(H,19,20)/t13-/m0/s1. The number of benzene rings is 2. The lowest BCUT2D eigenvalue weighted by Crippen LogP contribution is -2.31. The summed E-state index contributed by atoms with van der Waals surface area (Å²) in [4.78, 5) is 11.7. The summed E-state index contributed by atoms with van der Waals surface area (Å²) < 4.78 is 18.0. The van der Waals surface area contributed by atoms with Gasteiger partial charge >= 0.3 is 0 Å². The highest BCUT2D eigenvalue weighted by Gasteiger charge is 2.08. The number of hydrogen-bond acceptors (Lipinski definition) is 2. The van der Waals surface area contributed by atoms with Gasteiger partial charge in [0.15, 0.2) is 6.61 Å². The molecule has 0 saturated heterocycles. The third-order valence-electron chi connectivity index (χ3n) is 3.16. The fourth-order valence-electron chi connectivity index (χ4n) is 1.90. The van der Waals surface area contributed by atoms with Crippen LogP contribution in [0.4, 0.5) is 4.39 Å². The molecule has 0 unspecified atom stereocenters. The predicted octanol–water partition coefficient (Wildman–Crippen LogP) is 3.12. The largest absolute Gasteiger partial charge is 0.484 e. The number of hydrogen-bond donors (Lipinski definition) is 1. The molecule has 2 aromatic rings. The molecule has 1 atom stereocenters. The van der Waals surface area contributed by atoms with Crippen molar-refractivity contribution in [3.05, 3.63) is 66.0 Å². The van der Waals surface area contributed by atoms with Crippen molar-refractivity contribution in [2.75, 3.05) is 13.2 Å². The maximum absolute atomic E-state index is 12.7. The first-order chi connectivity index (χ1) is 10.1. The van der Waals surface area contributed by atoms with E-state index >= 15 is 0 Å². The van der Waals surface area contributed by atoms with Crippen LogP contribution in [-0.2, 0) is 4.79 Å². The number of amides is 1. The zero-order valence-corrected chi connectivity index (χ0v) is 11.9. The summed E-state index contributed by atoms with van der Waals surface area (Å²) in [5.74, 6) is 0.189. The Labute approximate surface area is 123 Å². The van der Waals surface area contributed by atoms with Gasteiger partial charge in [0.1, 0.15) is 11.6 Å². The van der Waals surface area contributed by atoms with Crippen LogP contribution in [0.5, 0.6) is 5.75 Å². The molecule has 1 N–H and O–H groups in total. The molecule has 0 spiro atoms. The quantitative estimate of drug-likeness (QED) is 0.886. The Morgan fingerprint density at radius 3 is 2.48 bits per heavy atom. The van der Waals surface area contributed by atoms with Gasteiger partial charge in [-0.2, -0.15) is 0 Å². The number of nitrogens with one attached hydrogen (secondary N) is 1. The Kier molecular flexibility index (Phi) is 5.32. The van der Waals surface area contributed by atoms with Crippen molar-refractivity contribution >= 4 is 5.91 Å². The molecule has 3 nitrogen and oxygen atoms in total. The monoisotopic (exact) mass is 287 g/mol. The Hall–Kier alpha value is -2.36. The minimum Gasteiger partial charge on any atom is -0.484 e. The van der Waals surface area contributed by atoms with Gasteiger partial charge in [-0.25, -0.2) is 4.39 Å². The maximum atomic E-state index is 12.7. The molecule has 21 heavy (non-hydrogen) atoms. The lowest BCUT2D eigenvalue weighted by atomic mass is 10.0.